The number of rotatable bonds is 6. The zero-order valence-electron chi connectivity index (χ0n) is 14.4. The van der Waals surface area contributed by atoms with Crippen LogP contribution in [-0.4, -0.2) is 33.6 Å². The molecule has 1 heterocycles. The van der Waals surface area contributed by atoms with Gasteiger partial charge < -0.3 is 15.9 Å². The molecule has 11 heteroatoms. The first-order valence-electron chi connectivity index (χ1n) is 7.81. The van der Waals surface area contributed by atoms with Crippen molar-refractivity contribution < 1.29 is 9.53 Å². The van der Waals surface area contributed by atoms with Gasteiger partial charge in [-0.05, 0) is 56.1 Å². The second-order valence-corrected chi connectivity index (χ2v) is 9.02. The number of nitrogens with zero attached hydrogens (tertiary/aromatic N) is 3. The Kier molecular flexibility index (Phi) is 7.02. The van der Waals surface area contributed by atoms with E-state index in [1.165, 1.54) is 16.4 Å². The molecule has 7 nitrogen and oxygen atoms in total. The number of methoxy groups -OCH3 is 1. The van der Waals surface area contributed by atoms with Crippen molar-refractivity contribution in [2.24, 2.45) is 0 Å². The summed E-state index contributed by atoms with van der Waals surface area (Å²) in [4.78, 5) is 12.4. The molecule has 0 unspecified atom stereocenters. The normalized spacial score (nSPS) is 10.7. The molecular weight excluding hydrogens is 578 g/mol. The number of halogens is 3. The fraction of sp³-hybridized carbons (Fsp3) is 0.118. The van der Waals surface area contributed by atoms with E-state index in [0.717, 1.165) is 19.0 Å². The lowest BCUT2D eigenvalue weighted by Gasteiger charge is -2.10. The summed E-state index contributed by atoms with van der Waals surface area (Å²) in [5, 5.41) is 11.5. The number of hydrogen-bond donors (Lipinski definition) is 2. The van der Waals surface area contributed by atoms with Gasteiger partial charge in [-0.25, -0.2) is 4.68 Å². The van der Waals surface area contributed by atoms with Gasteiger partial charge in [-0.2, -0.15) is 0 Å². The standard InChI is InChI=1S/C17H14Br3N5O2S/c1-27-13-5-3-2-4-10(13)16-23-24-17(25(16)21)28-8-14(26)22-15-11(19)6-9(18)7-12(15)20/h2-7H,8,21H2,1H3,(H,22,26). The van der Waals surface area contributed by atoms with Crippen LogP contribution in [-0.2, 0) is 4.79 Å². The van der Waals surface area contributed by atoms with Crippen molar-refractivity contribution in [1.82, 2.24) is 14.9 Å². The first kappa shape index (κ1) is 21.2. The molecule has 0 saturated carbocycles. The minimum atomic E-state index is -0.199. The summed E-state index contributed by atoms with van der Waals surface area (Å²) in [6, 6.07) is 11.1. The third kappa shape index (κ3) is 4.70. The van der Waals surface area contributed by atoms with E-state index in [2.05, 4.69) is 63.3 Å². The molecule has 0 saturated heterocycles. The first-order valence-corrected chi connectivity index (χ1v) is 11.2. The second kappa shape index (κ2) is 9.29. The van der Waals surface area contributed by atoms with Crippen molar-refractivity contribution >= 4 is 71.1 Å². The average molecular weight is 592 g/mol. The maximum atomic E-state index is 12.4. The molecule has 3 aromatic rings. The fourth-order valence-corrected chi connectivity index (χ4v) is 5.47. The number of anilines is 1. The van der Waals surface area contributed by atoms with Gasteiger partial charge in [-0.15, -0.1) is 10.2 Å². The Bertz CT molecular complexity index is 1000. The molecule has 0 aliphatic carbocycles. The van der Waals surface area contributed by atoms with Crippen molar-refractivity contribution in [3.63, 3.8) is 0 Å². The number of nitrogens with one attached hydrogen (secondary N) is 1. The molecule has 0 aliphatic rings. The monoisotopic (exact) mass is 589 g/mol. The number of nitrogens with two attached hydrogens (primary N) is 1. The Morgan fingerprint density at radius 3 is 2.57 bits per heavy atom. The molecule has 2 aromatic carbocycles. The summed E-state index contributed by atoms with van der Waals surface area (Å²) >= 11 is 11.5. The third-order valence-electron chi connectivity index (χ3n) is 3.62. The van der Waals surface area contributed by atoms with Crippen LogP contribution in [0.15, 0.2) is 55.0 Å². The quantitative estimate of drug-likeness (QED) is 0.319. The van der Waals surface area contributed by atoms with E-state index in [0.29, 0.717) is 22.4 Å². The molecule has 0 atom stereocenters. The molecule has 0 aliphatic heterocycles. The van der Waals surface area contributed by atoms with Crippen molar-refractivity contribution in [2.75, 3.05) is 24.0 Å². The van der Waals surface area contributed by atoms with Crippen molar-refractivity contribution in [2.45, 2.75) is 5.16 Å². The highest BCUT2D eigenvalue weighted by Gasteiger charge is 2.17. The van der Waals surface area contributed by atoms with Crippen molar-refractivity contribution in [1.29, 1.82) is 0 Å². The SMILES string of the molecule is COc1ccccc1-c1nnc(SCC(=O)Nc2c(Br)cc(Br)cc2Br)n1N. The van der Waals surface area contributed by atoms with Crippen LogP contribution in [0.1, 0.15) is 0 Å². The average Bonchev–Trinajstić information content (AvgIpc) is 3.03. The number of ether oxygens (including phenoxy) is 1. The van der Waals surface area contributed by atoms with Gasteiger partial charge in [0.2, 0.25) is 11.1 Å². The van der Waals surface area contributed by atoms with Gasteiger partial charge in [-0.1, -0.05) is 39.8 Å². The van der Waals surface area contributed by atoms with Crippen LogP contribution < -0.4 is 15.9 Å². The molecule has 0 spiro atoms. The molecule has 0 radical (unpaired) electrons. The van der Waals surface area contributed by atoms with Crippen LogP contribution in [0.5, 0.6) is 5.75 Å². The largest absolute Gasteiger partial charge is 0.496 e. The van der Waals surface area contributed by atoms with Gasteiger partial charge in [0.1, 0.15) is 5.75 Å². The van der Waals surface area contributed by atoms with Crippen LogP contribution in [0.2, 0.25) is 0 Å². The van der Waals surface area contributed by atoms with Gasteiger partial charge in [0.15, 0.2) is 5.82 Å². The Morgan fingerprint density at radius 2 is 1.89 bits per heavy atom. The zero-order valence-corrected chi connectivity index (χ0v) is 20.0. The summed E-state index contributed by atoms with van der Waals surface area (Å²) in [6.07, 6.45) is 0. The second-order valence-electron chi connectivity index (χ2n) is 5.46. The van der Waals surface area contributed by atoms with Gasteiger partial charge in [0.25, 0.3) is 0 Å². The Labute approximate surface area is 190 Å². The minimum Gasteiger partial charge on any atom is -0.496 e. The molecule has 0 fully saturated rings. The van der Waals surface area contributed by atoms with E-state index >= 15 is 0 Å². The maximum absolute atomic E-state index is 12.4. The van der Waals surface area contributed by atoms with E-state index in [9.17, 15) is 4.79 Å². The minimum absolute atomic E-state index is 0.121. The highest BCUT2D eigenvalue weighted by molar-refractivity contribution is 9.11. The number of amides is 1. The molecule has 0 bridgehead atoms. The molecule has 1 aromatic heterocycles. The van der Waals surface area contributed by atoms with Crippen LogP contribution in [0.25, 0.3) is 11.4 Å². The van der Waals surface area contributed by atoms with E-state index in [1.54, 1.807) is 7.11 Å². The lowest BCUT2D eigenvalue weighted by atomic mass is 10.2. The fourth-order valence-electron chi connectivity index (χ4n) is 2.36. The van der Waals surface area contributed by atoms with Crippen LogP contribution >= 0.6 is 59.6 Å². The molecule has 1 amide bonds. The van der Waals surface area contributed by atoms with Crippen LogP contribution in [0, 0.1) is 0 Å². The summed E-state index contributed by atoms with van der Waals surface area (Å²) in [5.74, 6) is 7.15. The van der Waals surface area contributed by atoms with Crippen LogP contribution in [0.4, 0.5) is 5.69 Å². The number of benzene rings is 2. The number of thioether (sulfide) groups is 1. The number of para-hydroxylation sites is 1. The van der Waals surface area contributed by atoms with E-state index in [1.807, 2.05) is 36.4 Å². The Hall–Kier alpha value is -1.56. The van der Waals surface area contributed by atoms with E-state index in [4.69, 9.17) is 10.6 Å². The van der Waals surface area contributed by atoms with Crippen molar-refractivity contribution in [3.05, 3.63) is 49.8 Å². The smallest absolute Gasteiger partial charge is 0.234 e. The van der Waals surface area contributed by atoms with Gasteiger partial charge in [0, 0.05) is 13.4 Å². The summed E-state index contributed by atoms with van der Waals surface area (Å²) in [5.41, 5.74) is 1.37. The topological polar surface area (TPSA) is 95.1 Å². The number of hydrogen-bond acceptors (Lipinski definition) is 6. The highest BCUT2D eigenvalue weighted by Crippen LogP contribution is 2.34. The van der Waals surface area contributed by atoms with Gasteiger partial charge in [-0.3, -0.25) is 4.79 Å². The predicted octanol–water partition coefficient (Wildman–Crippen LogP) is 4.69. The lowest BCUT2D eigenvalue weighted by molar-refractivity contribution is -0.113. The predicted molar refractivity (Wildman–Crippen MR) is 121 cm³/mol. The van der Waals surface area contributed by atoms with Gasteiger partial charge in [0.05, 0.1) is 24.1 Å². The van der Waals surface area contributed by atoms with Crippen molar-refractivity contribution in [3.8, 4) is 17.1 Å². The lowest BCUT2D eigenvalue weighted by Crippen LogP contribution is -2.17. The number of aromatic nitrogens is 3. The first-order chi connectivity index (χ1) is 13.4. The summed E-state index contributed by atoms with van der Waals surface area (Å²) in [7, 11) is 1.58. The summed E-state index contributed by atoms with van der Waals surface area (Å²) in [6.45, 7) is 0. The number of carbonyl (C=O) groups is 1. The molecule has 146 valence electrons. The molecular formula is C17H14Br3N5O2S. The summed E-state index contributed by atoms with van der Waals surface area (Å²) < 4.78 is 9.09. The molecule has 28 heavy (non-hydrogen) atoms. The zero-order chi connectivity index (χ0) is 20.3. The van der Waals surface area contributed by atoms with E-state index in [-0.39, 0.29) is 11.7 Å². The maximum Gasteiger partial charge on any atom is 0.234 e. The Balaban J connectivity index is 1.71. The Morgan fingerprint density at radius 1 is 1.21 bits per heavy atom. The van der Waals surface area contributed by atoms with Crippen LogP contribution in [0.3, 0.4) is 0 Å². The number of nitrogen functional groups attached to an aromatic ring is 1. The van der Waals surface area contributed by atoms with E-state index < -0.39 is 0 Å². The third-order valence-corrected chi connectivity index (χ3v) is 6.27. The highest BCUT2D eigenvalue weighted by atomic mass is 79.9. The molecule has 3 rings (SSSR count). The molecule has 3 N–H and O–H groups in total. The van der Waals surface area contributed by atoms with Gasteiger partial charge >= 0.3 is 0 Å². The number of carbonyl (C=O) groups excluding carboxylic acids is 1.